The van der Waals surface area contributed by atoms with Crippen molar-refractivity contribution >= 4 is 11.9 Å². The van der Waals surface area contributed by atoms with Crippen LogP contribution in [0.5, 0.6) is 0 Å². The van der Waals surface area contributed by atoms with Gasteiger partial charge in [0.1, 0.15) is 5.69 Å². The van der Waals surface area contributed by atoms with Gasteiger partial charge in [-0.25, -0.2) is 9.97 Å². The van der Waals surface area contributed by atoms with Crippen LogP contribution in [-0.2, 0) is 0 Å². The highest BCUT2D eigenvalue weighted by molar-refractivity contribution is 5.92. The molecule has 3 rings (SSSR count). The first-order chi connectivity index (χ1) is 12.2. The van der Waals surface area contributed by atoms with E-state index in [4.69, 9.17) is 0 Å². The normalized spacial score (nSPS) is 18.6. The largest absolute Gasteiger partial charge is 0.344 e. The number of hydrogen-bond donors (Lipinski definition) is 1. The SMILES string of the molecule is CCC1CCCCN1c1nccc(C(=O)NC(C)c2ccccc2)n1. The third kappa shape index (κ3) is 4.16. The quantitative estimate of drug-likeness (QED) is 0.902. The Labute approximate surface area is 149 Å². The van der Waals surface area contributed by atoms with Crippen molar-refractivity contribution in [2.75, 3.05) is 11.4 Å². The lowest BCUT2D eigenvalue weighted by Gasteiger charge is -2.35. The van der Waals surface area contributed by atoms with Crippen LogP contribution in [0.1, 0.15) is 61.6 Å². The molecule has 0 spiro atoms. The summed E-state index contributed by atoms with van der Waals surface area (Å²) < 4.78 is 0. The van der Waals surface area contributed by atoms with Crippen molar-refractivity contribution in [2.24, 2.45) is 0 Å². The van der Waals surface area contributed by atoms with E-state index in [1.165, 1.54) is 12.8 Å². The van der Waals surface area contributed by atoms with Crippen LogP contribution < -0.4 is 10.2 Å². The number of carbonyl (C=O) groups is 1. The molecule has 0 bridgehead atoms. The Balaban J connectivity index is 1.73. The highest BCUT2D eigenvalue weighted by Crippen LogP contribution is 2.23. The van der Waals surface area contributed by atoms with Crippen molar-refractivity contribution < 1.29 is 4.79 Å². The molecule has 0 aliphatic carbocycles. The molecule has 2 aromatic rings. The van der Waals surface area contributed by atoms with E-state index in [9.17, 15) is 4.79 Å². The first-order valence-electron chi connectivity index (χ1n) is 9.14. The van der Waals surface area contributed by atoms with Crippen LogP contribution in [0.2, 0.25) is 0 Å². The minimum absolute atomic E-state index is 0.0644. The summed E-state index contributed by atoms with van der Waals surface area (Å²) in [5, 5.41) is 3.02. The zero-order valence-corrected chi connectivity index (χ0v) is 15.0. The molecule has 2 unspecified atom stereocenters. The summed E-state index contributed by atoms with van der Waals surface area (Å²) in [5.74, 6) is 0.511. The summed E-state index contributed by atoms with van der Waals surface area (Å²) in [6.07, 6.45) is 6.34. The monoisotopic (exact) mass is 338 g/mol. The van der Waals surface area contributed by atoms with Gasteiger partial charge in [0.15, 0.2) is 0 Å². The number of amides is 1. The van der Waals surface area contributed by atoms with Crippen LogP contribution in [0, 0.1) is 0 Å². The van der Waals surface area contributed by atoms with E-state index >= 15 is 0 Å². The molecular formula is C20H26N4O. The van der Waals surface area contributed by atoms with Gasteiger partial charge in [0, 0.05) is 18.8 Å². The Morgan fingerprint density at radius 1 is 1.28 bits per heavy atom. The lowest BCUT2D eigenvalue weighted by Crippen LogP contribution is -2.40. The lowest BCUT2D eigenvalue weighted by molar-refractivity contribution is 0.0934. The zero-order valence-electron chi connectivity index (χ0n) is 15.0. The highest BCUT2D eigenvalue weighted by atomic mass is 16.1. The minimum Gasteiger partial charge on any atom is -0.344 e. The average Bonchev–Trinajstić information content (AvgIpc) is 2.68. The average molecular weight is 338 g/mol. The molecular weight excluding hydrogens is 312 g/mol. The molecule has 1 N–H and O–H groups in total. The fourth-order valence-corrected chi connectivity index (χ4v) is 3.40. The van der Waals surface area contributed by atoms with Crippen LogP contribution in [0.25, 0.3) is 0 Å². The van der Waals surface area contributed by atoms with Gasteiger partial charge >= 0.3 is 0 Å². The molecule has 1 aliphatic rings. The predicted octanol–water partition coefficient (Wildman–Crippen LogP) is 3.74. The fraction of sp³-hybridized carbons (Fsp3) is 0.450. The molecule has 1 amide bonds. The summed E-state index contributed by atoms with van der Waals surface area (Å²) in [4.78, 5) is 23.8. The van der Waals surface area contributed by atoms with Gasteiger partial charge in [0.05, 0.1) is 6.04 Å². The second kappa shape index (κ2) is 8.10. The highest BCUT2D eigenvalue weighted by Gasteiger charge is 2.24. The molecule has 5 heteroatoms. The van der Waals surface area contributed by atoms with E-state index in [-0.39, 0.29) is 11.9 Å². The number of nitrogens with one attached hydrogen (secondary N) is 1. The molecule has 2 heterocycles. The lowest BCUT2D eigenvalue weighted by atomic mass is 10.0. The molecule has 1 fully saturated rings. The van der Waals surface area contributed by atoms with Gasteiger partial charge in [0.25, 0.3) is 5.91 Å². The molecule has 1 aromatic heterocycles. The van der Waals surface area contributed by atoms with Crippen molar-refractivity contribution in [2.45, 2.75) is 51.6 Å². The van der Waals surface area contributed by atoms with Crippen molar-refractivity contribution in [1.29, 1.82) is 0 Å². The molecule has 5 nitrogen and oxygen atoms in total. The number of benzene rings is 1. The maximum absolute atomic E-state index is 12.6. The van der Waals surface area contributed by atoms with E-state index in [2.05, 4.69) is 27.1 Å². The molecule has 25 heavy (non-hydrogen) atoms. The van der Waals surface area contributed by atoms with Gasteiger partial charge in [0.2, 0.25) is 5.95 Å². The van der Waals surface area contributed by atoms with E-state index in [0.29, 0.717) is 17.7 Å². The Morgan fingerprint density at radius 2 is 2.08 bits per heavy atom. The summed E-state index contributed by atoms with van der Waals surface area (Å²) >= 11 is 0. The third-order valence-electron chi connectivity index (χ3n) is 4.88. The number of anilines is 1. The number of piperidine rings is 1. The number of rotatable bonds is 5. The van der Waals surface area contributed by atoms with Gasteiger partial charge in [-0.15, -0.1) is 0 Å². The van der Waals surface area contributed by atoms with Crippen LogP contribution in [0.15, 0.2) is 42.6 Å². The second-order valence-corrected chi connectivity index (χ2v) is 6.60. The van der Waals surface area contributed by atoms with Gasteiger partial charge in [-0.3, -0.25) is 4.79 Å². The molecule has 0 saturated carbocycles. The van der Waals surface area contributed by atoms with Crippen molar-refractivity contribution in [1.82, 2.24) is 15.3 Å². The summed E-state index contributed by atoms with van der Waals surface area (Å²) in [7, 11) is 0. The fourth-order valence-electron chi connectivity index (χ4n) is 3.40. The zero-order chi connectivity index (χ0) is 17.6. The molecule has 1 saturated heterocycles. The van der Waals surface area contributed by atoms with Crippen LogP contribution in [0.4, 0.5) is 5.95 Å². The Kier molecular flexibility index (Phi) is 5.64. The van der Waals surface area contributed by atoms with Gasteiger partial charge < -0.3 is 10.2 Å². The first kappa shape index (κ1) is 17.4. The smallest absolute Gasteiger partial charge is 0.270 e. The number of carbonyl (C=O) groups excluding carboxylic acids is 1. The maximum Gasteiger partial charge on any atom is 0.270 e. The first-order valence-corrected chi connectivity index (χ1v) is 9.14. The molecule has 132 valence electrons. The van der Waals surface area contributed by atoms with Gasteiger partial charge in [-0.2, -0.15) is 0 Å². The Morgan fingerprint density at radius 3 is 2.84 bits per heavy atom. The summed E-state index contributed by atoms with van der Waals surface area (Å²) in [5.41, 5.74) is 1.50. The van der Waals surface area contributed by atoms with Crippen LogP contribution >= 0.6 is 0 Å². The topological polar surface area (TPSA) is 58.1 Å². The summed E-state index contributed by atoms with van der Waals surface area (Å²) in [6.45, 7) is 5.14. The molecule has 0 radical (unpaired) electrons. The van der Waals surface area contributed by atoms with Crippen molar-refractivity contribution in [3.8, 4) is 0 Å². The Hall–Kier alpha value is -2.43. The van der Waals surface area contributed by atoms with Crippen molar-refractivity contribution in [3.05, 3.63) is 53.9 Å². The minimum atomic E-state index is -0.162. The van der Waals surface area contributed by atoms with E-state index in [1.54, 1.807) is 12.3 Å². The van der Waals surface area contributed by atoms with Gasteiger partial charge in [-0.05, 0) is 44.2 Å². The standard InChI is InChI=1S/C20H26N4O/c1-3-17-11-7-8-14-24(17)20-21-13-12-18(23-20)19(25)22-15(2)16-9-5-4-6-10-16/h4-6,9-10,12-13,15,17H,3,7-8,11,14H2,1-2H3,(H,22,25). The van der Waals surface area contributed by atoms with Gasteiger partial charge in [-0.1, -0.05) is 37.3 Å². The van der Waals surface area contributed by atoms with Crippen molar-refractivity contribution in [3.63, 3.8) is 0 Å². The van der Waals surface area contributed by atoms with E-state index < -0.39 is 0 Å². The third-order valence-corrected chi connectivity index (χ3v) is 4.88. The number of hydrogen-bond acceptors (Lipinski definition) is 4. The van der Waals surface area contributed by atoms with Crippen LogP contribution in [-0.4, -0.2) is 28.5 Å². The summed E-state index contributed by atoms with van der Waals surface area (Å²) in [6, 6.07) is 12.0. The van der Waals surface area contributed by atoms with E-state index in [1.807, 2.05) is 37.3 Å². The number of aromatic nitrogens is 2. The second-order valence-electron chi connectivity index (χ2n) is 6.60. The van der Waals surface area contributed by atoms with E-state index in [0.717, 1.165) is 24.9 Å². The molecule has 1 aromatic carbocycles. The maximum atomic E-state index is 12.6. The molecule has 2 atom stereocenters. The van der Waals surface area contributed by atoms with Crippen LogP contribution in [0.3, 0.4) is 0 Å². The predicted molar refractivity (Wildman–Crippen MR) is 99.6 cm³/mol. The molecule has 1 aliphatic heterocycles. The number of nitrogens with zero attached hydrogens (tertiary/aromatic N) is 3. The Bertz CT molecular complexity index is 704.